The molecule has 0 amide bonds. The zero-order valence-corrected chi connectivity index (χ0v) is 12.2. The summed E-state index contributed by atoms with van der Waals surface area (Å²) in [5.74, 6) is 0.325. The first-order valence-corrected chi connectivity index (χ1v) is 6.77. The molecule has 0 bridgehead atoms. The summed E-state index contributed by atoms with van der Waals surface area (Å²) in [5, 5.41) is 19.7. The molecule has 106 valence electrons. The molecule has 0 radical (unpaired) electrons. The molecule has 0 fully saturated rings. The van der Waals surface area contributed by atoms with Crippen LogP contribution in [-0.4, -0.2) is 31.3 Å². The summed E-state index contributed by atoms with van der Waals surface area (Å²) in [5.41, 5.74) is 0.904. The molecule has 21 heavy (non-hydrogen) atoms. The quantitative estimate of drug-likeness (QED) is 0.778. The number of rotatable bonds is 4. The van der Waals surface area contributed by atoms with Gasteiger partial charge in [-0.05, 0) is 34.7 Å². The van der Waals surface area contributed by atoms with Gasteiger partial charge in [0.15, 0.2) is 5.76 Å². The lowest BCUT2D eigenvalue weighted by molar-refractivity contribution is -0.137. The number of carbonyl (C=O) groups is 1. The predicted molar refractivity (Wildman–Crippen MR) is 76.3 cm³/mol. The van der Waals surface area contributed by atoms with Crippen molar-refractivity contribution in [3.63, 3.8) is 0 Å². The minimum Gasteiger partial charge on any atom is -0.480 e. The Morgan fingerprint density at radius 2 is 1.90 bits per heavy atom. The third-order valence-electron chi connectivity index (χ3n) is 2.77. The highest BCUT2D eigenvalue weighted by Gasteiger charge is 2.15. The van der Waals surface area contributed by atoms with Gasteiger partial charge < -0.3 is 9.52 Å². The van der Waals surface area contributed by atoms with E-state index in [9.17, 15) is 4.79 Å². The number of halogens is 1. The highest BCUT2D eigenvalue weighted by molar-refractivity contribution is 9.10. The van der Waals surface area contributed by atoms with Crippen molar-refractivity contribution in [2.24, 2.45) is 0 Å². The van der Waals surface area contributed by atoms with Crippen LogP contribution in [-0.2, 0) is 11.3 Å². The van der Waals surface area contributed by atoms with E-state index in [0.29, 0.717) is 11.5 Å². The van der Waals surface area contributed by atoms with Crippen LogP contribution in [0.1, 0.15) is 0 Å². The van der Waals surface area contributed by atoms with Crippen LogP contribution in [0.2, 0.25) is 0 Å². The number of furan rings is 1. The zero-order valence-electron chi connectivity index (χ0n) is 10.6. The third kappa shape index (κ3) is 2.84. The molecule has 0 saturated heterocycles. The molecule has 2 heterocycles. The lowest BCUT2D eigenvalue weighted by Gasteiger charge is -1.99. The van der Waals surface area contributed by atoms with Gasteiger partial charge in [0.2, 0.25) is 5.82 Å². The van der Waals surface area contributed by atoms with E-state index >= 15 is 0 Å². The molecular weight excluding hydrogens is 340 g/mol. The van der Waals surface area contributed by atoms with E-state index in [0.717, 1.165) is 10.0 Å². The fraction of sp³-hybridized carbons (Fsp3) is 0.0769. The molecule has 2 aromatic heterocycles. The summed E-state index contributed by atoms with van der Waals surface area (Å²) < 4.78 is 7.85. The van der Waals surface area contributed by atoms with E-state index in [1.54, 1.807) is 12.1 Å². The summed E-state index contributed by atoms with van der Waals surface area (Å²) in [4.78, 5) is 10.8. The fourth-order valence-electron chi connectivity index (χ4n) is 1.84. The van der Waals surface area contributed by atoms with E-state index in [4.69, 9.17) is 9.52 Å². The SMILES string of the molecule is O=C(O)Cn1nnnc1-c1ccc(-c2ccc(Br)cc2)o1. The molecule has 0 atom stereocenters. The number of hydrogen-bond donors (Lipinski definition) is 1. The van der Waals surface area contributed by atoms with Gasteiger partial charge >= 0.3 is 5.97 Å². The second-order valence-electron chi connectivity index (χ2n) is 4.22. The summed E-state index contributed by atoms with van der Waals surface area (Å²) in [6, 6.07) is 11.1. The number of carboxylic acids is 1. The number of aliphatic carboxylic acids is 1. The Balaban J connectivity index is 1.93. The van der Waals surface area contributed by atoms with E-state index in [1.807, 2.05) is 24.3 Å². The van der Waals surface area contributed by atoms with Crippen LogP contribution < -0.4 is 0 Å². The average Bonchev–Trinajstić information content (AvgIpc) is 3.07. The van der Waals surface area contributed by atoms with Gasteiger partial charge in [0.1, 0.15) is 12.3 Å². The van der Waals surface area contributed by atoms with E-state index in [1.165, 1.54) is 4.68 Å². The Labute approximate surface area is 127 Å². The van der Waals surface area contributed by atoms with Gasteiger partial charge in [-0.2, -0.15) is 0 Å². The molecule has 7 nitrogen and oxygen atoms in total. The van der Waals surface area contributed by atoms with Crippen molar-refractivity contribution in [2.75, 3.05) is 0 Å². The Kier molecular flexibility index (Phi) is 3.53. The second kappa shape index (κ2) is 5.49. The number of hydrogen-bond acceptors (Lipinski definition) is 5. The van der Waals surface area contributed by atoms with Crippen LogP contribution in [0.4, 0.5) is 0 Å². The topological polar surface area (TPSA) is 94.0 Å². The summed E-state index contributed by atoms with van der Waals surface area (Å²) in [6.07, 6.45) is 0. The molecule has 0 unspecified atom stereocenters. The summed E-state index contributed by atoms with van der Waals surface area (Å²) in [6.45, 7) is -0.323. The maximum Gasteiger partial charge on any atom is 0.325 e. The minimum atomic E-state index is -1.02. The Morgan fingerprint density at radius 3 is 2.62 bits per heavy atom. The molecule has 1 N–H and O–H groups in total. The Bertz CT molecular complexity index is 779. The van der Waals surface area contributed by atoms with Crippen molar-refractivity contribution in [1.82, 2.24) is 20.2 Å². The van der Waals surface area contributed by atoms with Crippen LogP contribution in [0, 0.1) is 0 Å². The van der Waals surface area contributed by atoms with Gasteiger partial charge in [0.05, 0.1) is 0 Å². The smallest absolute Gasteiger partial charge is 0.325 e. The number of nitrogens with zero attached hydrogens (tertiary/aromatic N) is 4. The molecule has 8 heteroatoms. The fourth-order valence-corrected chi connectivity index (χ4v) is 2.11. The van der Waals surface area contributed by atoms with Crippen molar-refractivity contribution in [2.45, 2.75) is 6.54 Å². The van der Waals surface area contributed by atoms with Crippen molar-refractivity contribution < 1.29 is 14.3 Å². The zero-order chi connectivity index (χ0) is 14.8. The molecule has 0 aliphatic heterocycles. The van der Waals surface area contributed by atoms with Gasteiger partial charge in [-0.25, -0.2) is 4.68 Å². The molecule has 0 aliphatic carbocycles. The van der Waals surface area contributed by atoms with Crippen molar-refractivity contribution in [3.8, 4) is 22.9 Å². The van der Waals surface area contributed by atoms with E-state index in [-0.39, 0.29) is 12.4 Å². The monoisotopic (exact) mass is 348 g/mol. The molecule has 1 aromatic carbocycles. The first-order chi connectivity index (χ1) is 10.1. The molecule has 0 aliphatic rings. The first-order valence-electron chi connectivity index (χ1n) is 5.97. The summed E-state index contributed by atoms with van der Waals surface area (Å²) >= 11 is 3.37. The van der Waals surface area contributed by atoms with Crippen LogP contribution >= 0.6 is 15.9 Å². The highest BCUT2D eigenvalue weighted by Crippen LogP contribution is 2.27. The van der Waals surface area contributed by atoms with Gasteiger partial charge in [0, 0.05) is 10.0 Å². The highest BCUT2D eigenvalue weighted by atomic mass is 79.9. The normalized spacial score (nSPS) is 10.7. The van der Waals surface area contributed by atoms with Gasteiger partial charge in [-0.3, -0.25) is 4.79 Å². The van der Waals surface area contributed by atoms with Gasteiger partial charge in [-0.1, -0.05) is 28.1 Å². The Hall–Kier alpha value is -2.48. The van der Waals surface area contributed by atoms with Crippen LogP contribution in [0.5, 0.6) is 0 Å². The van der Waals surface area contributed by atoms with Crippen molar-refractivity contribution in [3.05, 3.63) is 40.9 Å². The third-order valence-corrected chi connectivity index (χ3v) is 3.30. The predicted octanol–water partition coefficient (Wildman–Crippen LogP) is 2.45. The van der Waals surface area contributed by atoms with E-state index in [2.05, 4.69) is 31.5 Å². The van der Waals surface area contributed by atoms with Gasteiger partial charge in [0.25, 0.3) is 0 Å². The number of tetrazole rings is 1. The molecule has 3 aromatic rings. The minimum absolute atomic E-state index is 0.278. The lowest BCUT2D eigenvalue weighted by atomic mass is 10.2. The summed E-state index contributed by atoms with van der Waals surface area (Å²) in [7, 11) is 0. The van der Waals surface area contributed by atoms with Crippen molar-refractivity contribution >= 4 is 21.9 Å². The average molecular weight is 349 g/mol. The van der Waals surface area contributed by atoms with Crippen LogP contribution in [0.25, 0.3) is 22.9 Å². The maximum absolute atomic E-state index is 10.8. The standard InChI is InChI=1S/C13H9BrN4O3/c14-9-3-1-8(2-4-9)10-5-6-11(21-10)13-15-16-17-18(13)7-12(19)20/h1-6H,7H2,(H,19,20). The lowest BCUT2D eigenvalue weighted by Crippen LogP contribution is -2.11. The number of aromatic nitrogens is 4. The van der Waals surface area contributed by atoms with Gasteiger partial charge in [-0.15, -0.1) is 5.10 Å². The van der Waals surface area contributed by atoms with Crippen LogP contribution in [0.15, 0.2) is 45.3 Å². The number of benzene rings is 1. The van der Waals surface area contributed by atoms with E-state index < -0.39 is 5.97 Å². The molecular formula is C13H9BrN4O3. The maximum atomic E-state index is 10.8. The van der Waals surface area contributed by atoms with Crippen molar-refractivity contribution in [1.29, 1.82) is 0 Å². The first kappa shape index (κ1) is 13.5. The van der Waals surface area contributed by atoms with Crippen LogP contribution in [0.3, 0.4) is 0 Å². The largest absolute Gasteiger partial charge is 0.480 e. The second-order valence-corrected chi connectivity index (χ2v) is 5.14. The molecule has 0 spiro atoms. The molecule has 0 saturated carbocycles. The Morgan fingerprint density at radius 1 is 1.19 bits per heavy atom. The molecule has 3 rings (SSSR count). The number of carboxylic acid groups (broad SMARTS) is 1.